The predicted octanol–water partition coefficient (Wildman–Crippen LogP) is 10.8. The number of nitrogens with one attached hydrogen (secondary N) is 1. The molecule has 1 amide bonds. The quantitative estimate of drug-likeness (QED) is 0.0414. The van der Waals surface area contributed by atoms with Gasteiger partial charge in [-0.25, -0.2) is 0 Å². The number of aliphatic hydroxyl groups excluding tert-OH is 4. The lowest BCUT2D eigenvalue weighted by molar-refractivity contribution is -0.132. The SMILES string of the molecule is CCCCCCCCCCCCCCCCCCC(O)C(=O)NC(CO)C(O)C(O)CCCCCCCCCCCCCCCCCC. The fourth-order valence-electron chi connectivity index (χ4n) is 6.88. The minimum absolute atomic E-state index is 0.375. The van der Waals surface area contributed by atoms with Crippen LogP contribution in [-0.2, 0) is 4.79 Å². The highest BCUT2D eigenvalue weighted by Gasteiger charge is 2.28. The van der Waals surface area contributed by atoms with E-state index in [0.717, 1.165) is 38.5 Å². The van der Waals surface area contributed by atoms with Gasteiger partial charge < -0.3 is 25.7 Å². The zero-order valence-electron chi connectivity index (χ0n) is 32.3. The monoisotopic (exact) mass is 684 g/mol. The molecule has 288 valence electrons. The van der Waals surface area contributed by atoms with Gasteiger partial charge in [0.1, 0.15) is 12.2 Å². The number of hydrogen-bond acceptors (Lipinski definition) is 5. The molecule has 0 aromatic rings. The minimum atomic E-state index is -1.25. The number of carbonyl (C=O) groups excluding carboxylic acids is 1. The smallest absolute Gasteiger partial charge is 0.249 e. The summed E-state index contributed by atoms with van der Waals surface area (Å²) < 4.78 is 0. The molecule has 0 fully saturated rings. The second-order valence-electron chi connectivity index (χ2n) is 15.1. The maximum atomic E-state index is 12.5. The molecule has 0 aliphatic heterocycles. The van der Waals surface area contributed by atoms with Crippen molar-refractivity contribution in [2.75, 3.05) is 6.61 Å². The Labute approximate surface area is 299 Å². The second kappa shape index (κ2) is 37.6. The van der Waals surface area contributed by atoms with Gasteiger partial charge in [0.2, 0.25) is 5.91 Å². The standard InChI is InChI=1S/C42H85NO5/c1-3-5-7-9-11-13-15-17-19-21-23-25-27-29-31-33-35-39(45)41(47)38(37-44)43-42(48)40(46)36-34-32-30-28-26-24-22-20-18-16-14-12-10-8-6-4-2/h38-41,44-47H,3-37H2,1-2H3,(H,43,48). The Morgan fingerprint density at radius 3 is 1.00 bits per heavy atom. The molecule has 0 saturated heterocycles. The van der Waals surface area contributed by atoms with Crippen molar-refractivity contribution in [1.29, 1.82) is 0 Å². The van der Waals surface area contributed by atoms with Crippen molar-refractivity contribution < 1.29 is 25.2 Å². The van der Waals surface area contributed by atoms with Gasteiger partial charge in [-0.3, -0.25) is 4.79 Å². The normalized spacial score (nSPS) is 14.2. The van der Waals surface area contributed by atoms with Crippen LogP contribution in [0.15, 0.2) is 0 Å². The molecule has 6 nitrogen and oxygen atoms in total. The third-order valence-corrected chi connectivity index (χ3v) is 10.3. The summed E-state index contributed by atoms with van der Waals surface area (Å²) in [4.78, 5) is 12.5. The van der Waals surface area contributed by atoms with E-state index >= 15 is 0 Å². The first-order valence-corrected chi connectivity index (χ1v) is 21.4. The lowest BCUT2D eigenvalue weighted by Crippen LogP contribution is -2.53. The fourth-order valence-corrected chi connectivity index (χ4v) is 6.88. The van der Waals surface area contributed by atoms with Crippen molar-refractivity contribution in [2.45, 2.75) is 257 Å². The van der Waals surface area contributed by atoms with Gasteiger partial charge in [0.25, 0.3) is 0 Å². The zero-order valence-corrected chi connectivity index (χ0v) is 32.3. The topological polar surface area (TPSA) is 110 Å². The van der Waals surface area contributed by atoms with E-state index in [-0.39, 0.29) is 0 Å². The molecule has 6 heteroatoms. The van der Waals surface area contributed by atoms with Crippen LogP contribution in [0.3, 0.4) is 0 Å². The molecule has 0 bridgehead atoms. The van der Waals surface area contributed by atoms with Crippen LogP contribution in [0.1, 0.15) is 232 Å². The Bertz CT molecular complexity index is 648. The fraction of sp³-hybridized carbons (Fsp3) is 0.976. The van der Waals surface area contributed by atoms with Gasteiger partial charge >= 0.3 is 0 Å². The van der Waals surface area contributed by atoms with Crippen molar-refractivity contribution in [3.8, 4) is 0 Å². The van der Waals surface area contributed by atoms with Crippen LogP contribution in [0.4, 0.5) is 0 Å². The van der Waals surface area contributed by atoms with Crippen molar-refractivity contribution >= 4 is 5.91 Å². The van der Waals surface area contributed by atoms with Crippen LogP contribution in [0.5, 0.6) is 0 Å². The molecule has 4 atom stereocenters. The summed E-state index contributed by atoms with van der Waals surface area (Å²) in [6.07, 6.45) is 38.4. The highest BCUT2D eigenvalue weighted by atomic mass is 16.3. The third-order valence-electron chi connectivity index (χ3n) is 10.3. The summed E-state index contributed by atoms with van der Waals surface area (Å²) >= 11 is 0. The number of aliphatic hydroxyl groups is 4. The number of unbranched alkanes of at least 4 members (excludes halogenated alkanes) is 30. The molecule has 0 aliphatic rings. The van der Waals surface area contributed by atoms with Crippen LogP contribution in [0.25, 0.3) is 0 Å². The Morgan fingerprint density at radius 1 is 0.438 bits per heavy atom. The molecule has 0 aliphatic carbocycles. The molecule has 0 spiro atoms. The summed E-state index contributed by atoms with van der Waals surface area (Å²) in [5.74, 6) is -0.580. The lowest BCUT2D eigenvalue weighted by atomic mass is 9.99. The Kier molecular flexibility index (Phi) is 37.0. The van der Waals surface area contributed by atoms with E-state index in [4.69, 9.17) is 0 Å². The number of hydrogen-bond donors (Lipinski definition) is 5. The summed E-state index contributed by atoms with van der Waals surface area (Å²) in [5, 5.41) is 43.6. The van der Waals surface area contributed by atoms with E-state index in [9.17, 15) is 25.2 Å². The van der Waals surface area contributed by atoms with Gasteiger partial charge in [-0.1, -0.05) is 219 Å². The molecule has 0 rings (SSSR count). The van der Waals surface area contributed by atoms with Gasteiger partial charge in [0, 0.05) is 0 Å². The van der Waals surface area contributed by atoms with Crippen LogP contribution in [-0.4, -0.2) is 57.3 Å². The van der Waals surface area contributed by atoms with Crippen molar-refractivity contribution in [2.24, 2.45) is 0 Å². The molecular formula is C42H85NO5. The first kappa shape index (κ1) is 47.3. The molecule has 48 heavy (non-hydrogen) atoms. The van der Waals surface area contributed by atoms with E-state index in [1.54, 1.807) is 0 Å². The van der Waals surface area contributed by atoms with E-state index in [1.807, 2.05) is 0 Å². The minimum Gasteiger partial charge on any atom is -0.394 e. The van der Waals surface area contributed by atoms with E-state index in [2.05, 4.69) is 19.2 Å². The van der Waals surface area contributed by atoms with Gasteiger partial charge in [-0.2, -0.15) is 0 Å². The molecule has 4 unspecified atom stereocenters. The molecule has 0 aromatic carbocycles. The van der Waals surface area contributed by atoms with E-state index in [0.29, 0.717) is 12.8 Å². The summed E-state index contributed by atoms with van der Waals surface area (Å²) in [6, 6.07) is -0.978. The Hall–Kier alpha value is -0.690. The zero-order chi connectivity index (χ0) is 35.3. The average molecular weight is 684 g/mol. The van der Waals surface area contributed by atoms with Crippen molar-refractivity contribution in [3.05, 3.63) is 0 Å². The largest absolute Gasteiger partial charge is 0.394 e. The van der Waals surface area contributed by atoms with Crippen LogP contribution in [0.2, 0.25) is 0 Å². The predicted molar refractivity (Wildman–Crippen MR) is 205 cm³/mol. The number of amides is 1. The second-order valence-corrected chi connectivity index (χ2v) is 15.1. The van der Waals surface area contributed by atoms with Crippen LogP contribution >= 0.6 is 0 Å². The Morgan fingerprint density at radius 2 is 0.708 bits per heavy atom. The Balaban J connectivity index is 3.72. The highest BCUT2D eigenvalue weighted by molar-refractivity contribution is 5.80. The van der Waals surface area contributed by atoms with Gasteiger partial charge in [-0.15, -0.1) is 0 Å². The van der Waals surface area contributed by atoms with Gasteiger partial charge in [0.15, 0.2) is 0 Å². The van der Waals surface area contributed by atoms with Crippen molar-refractivity contribution in [1.82, 2.24) is 5.32 Å². The lowest BCUT2D eigenvalue weighted by Gasteiger charge is -2.27. The molecular weight excluding hydrogens is 598 g/mol. The van der Waals surface area contributed by atoms with Gasteiger partial charge in [0.05, 0.1) is 18.8 Å². The van der Waals surface area contributed by atoms with Gasteiger partial charge in [-0.05, 0) is 12.8 Å². The van der Waals surface area contributed by atoms with Crippen LogP contribution in [0, 0.1) is 0 Å². The first-order valence-electron chi connectivity index (χ1n) is 21.4. The maximum Gasteiger partial charge on any atom is 0.249 e. The van der Waals surface area contributed by atoms with Crippen molar-refractivity contribution in [3.63, 3.8) is 0 Å². The highest BCUT2D eigenvalue weighted by Crippen LogP contribution is 2.17. The maximum absolute atomic E-state index is 12.5. The molecule has 5 N–H and O–H groups in total. The summed E-state index contributed by atoms with van der Waals surface area (Å²) in [5.41, 5.74) is 0. The number of carbonyl (C=O) groups is 1. The summed E-state index contributed by atoms with van der Waals surface area (Å²) in [6.45, 7) is 4.06. The van der Waals surface area contributed by atoms with E-state index in [1.165, 1.54) is 167 Å². The third kappa shape index (κ3) is 31.3. The van der Waals surface area contributed by atoms with Crippen LogP contribution < -0.4 is 5.32 Å². The molecule has 0 aromatic heterocycles. The average Bonchev–Trinajstić information content (AvgIpc) is 3.09. The summed E-state index contributed by atoms with van der Waals surface area (Å²) in [7, 11) is 0. The van der Waals surface area contributed by atoms with E-state index < -0.39 is 36.9 Å². The first-order chi connectivity index (χ1) is 23.5. The molecule has 0 saturated carbocycles. The number of rotatable bonds is 39. The molecule has 0 heterocycles. The molecule has 0 radical (unpaired) electrons.